The fourth-order valence-corrected chi connectivity index (χ4v) is 3.70. The van der Waals surface area contributed by atoms with Crippen molar-refractivity contribution in [2.75, 3.05) is 7.11 Å². The van der Waals surface area contributed by atoms with Crippen molar-refractivity contribution in [3.05, 3.63) is 69.9 Å². The van der Waals surface area contributed by atoms with Gasteiger partial charge < -0.3 is 9.84 Å². The smallest absolute Gasteiger partial charge is 0.306 e. The van der Waals surface area contributed by atoms with Gasteiger partial charge >= 0.3 is 11.9 Å². The highest BCUT2D eigenvalue weighted by Crippen LogP contribution is 2.14. The molecule has 0 heterocycles. The molecule has 0 aromatic heterocycles. The molecule has 4 heteroatoms. The normalized spacial score (nSPS) is 13.2. The average molecular weight is 557 g/mol. The summed E-state index contributed by atoms with van der Waals surface area (Å²) in [5.74, 6) is -1.14. The van der Waals surface area contributed by atoms with Crippen LogP contribution in [0.25, 0.3) is 0 Å². The van der Waals surface area contributed by atoms with Crippen LogP contribution in [-0.2, 0) is 14.3 Å². The van der Waals surface area contributed by atoms with Gasteiger partial charge in [0.2, 0.25) is 0 Å². The highest BCUT2D eigenvalue weighted by Gasteiger charge is 2.08. The Morgan fingerprint density at radius 2 is 0.900 bits per heavy atom. The zero-order chi connectivity index (χ0) is 30.9. The second-order valence-electron chi connectivity index (χ2n) is 11.5. The predicted molar refractivity (Wildman–Crippen MR) is 173 cm³/mol. The second-order valence-corrected chi connectivity index (χ2v) is 11.5. The molecular weight excluding hydrogens is 496 g/mol. The van der Waals surface area contributed by atoms with Crippen LogP contribution in [0.4, 0.5) is 0 Å². The largest absolute Gasteiger partial charge is 0.481 e. The summed E-state index contributed by atoms with van der Waals surface area (Å²) < 4.78 is 4.62. The van der Waals surface area contributed by atoms with Gasteiger partial charge in [0.1, 0.15) is 0 Å². The molecule has 0 aromatic carbocycles. The van der Waals surface area contributed by atoms with E-state index in [0.29, 0.717) is 12.8 Å². The van der Waals surface area contributed by atoms with Crippen LogP contribution in [0.1, 0.15) is 133 Å². The minimum absolute atomic E-state index is 0.135. The van der Waals surface area contributed by atoms with Crippen molar-refractivity contribution in [1.29, 1.82) is 0 Å². The first kappa shape index (κ1) is 39.5. The number of carboxylic acid groups (broad SMARTS) is 1. The summed E-state index contributed by atoms with van der Waals surface area (Å²) in [4.78, 5) is 21.7. The molecule has 0 aromatic rings. The summed E-state index contributed by atoms with van der Waals surface area (Å²) in [6.07, 6.45) is 24.0. The molecule has 0 saturated heterocycles. The number of hydrogen-bond acceptors (Lipinski definition) is 3. The van der Waals surface area contributed by atoms with Gasteiger partial charge in [-0.25, -0.2) is 0 Å². The van der Waals surface area contributed by atoms with Gasteiger partial charge in [-0.2, -0.15) is 0 Å². The van der Waals surface area contributed by atoms with Crippen molar-refractivity contribution in [2.24, 2.45) is 5.92 Å². The van der Waals surface area contributed by atoms with E-state index in [9.17, 15) is 9.59 Å². The Morgan fingerprint density at radius 1 is 0.575 bits per heavy atom. The lowest BCUT2D eigenvalue weighted by molar-refractivity contribution is -0.141. The standard InChI is InChI=1S/2C18H30O2/c1-15(2)9-6-10-16(3)11-7-12-17(4)13-8-14-18(19)20-5;1-14(2)8-6-9-15(3)10-7-11-16(4)12-13-17(5)18(19)20/h9,11,13H,6-8,10,12,14H2,1-5H3;8,10,12,17H,6-7,9,11,13H2,1-5H3,(H,19,20). The third kappa shape index (κ3) is 28.4. The topological polar surface area (TPSA) is 63.6 Å². The number of ether oxygens (including phenoxy) is 1. The summed E-state index contributed by atoms with van der Waals surface area (Å²) in [6.45, 7) is 18.9. The van der Waals surface area contributed by atoms with Crippen LogP contribution in [0.3, 0.4) is 0 Å². The molecule has 0 saturated carbocycles. The Morgan fingerprint density at radius 3 is 1.23 bits per heavy atom. The Hall–Kier alpha value is -2.62. The van der Waals surface area contributed by atoms with E-state index in [4.69, 9.17) is 5.11 Å². The van der Waals surface area contributed by atoms with Gasteiger partial charge in [-0.15, -0.1) is 0 Å². The number of hydrogen-bond donors (Lipinski definition) is 1. The number of methoxy groups -OCH3 is 1. The maximum absolute atomic E-state index is 11.0. The van der Waals surface area contributed by atoms with Gasteiger partial charge in [0, 0.05) is 6.42 Å². The van der Waals surface area contributed by atoms with E-state index in [1.165, 1.54) is 40.5 Å². The molecule has 0 amide bonds. The number of allylic oxidation sites excluding steroid dienone is 12. The molecule has 0 aliphatic carbocycles. The van der Waals surface area contributed by atoms with Crippen molar-refractivity contribution >= 4 is 11.9 Å². The van der Waals surface area contributed by atoms with Crippen molar-refractivity contribution in [2.45, 2.75) is 133 Å². The van der Waals surface area contributed by atoms with Gasteiger partial charge in [0.15, 0.2) is 0 Å². The lowest BCUT2D eigenvalue weighted by Crippen LogP contribution is -2.07. The highest BCUT2D eigenvalue weighted by molar-refractivity contribution is 5.69. The summed E-state index contributed by atoms with van der Waals surface area (Å²) in [5.41, 5.74) is 8.30. The highest BCUT2D eigenvalue weighted by atomic mass is 16.5. The molecule has 1 atom stereocenters. The maximum Gasteiger partial charge on any atom is 0.306 e. The summed E-state index contributed by atoms with van der Waals surface area (Å²) >= 11 is 0. The maximum atomic E-state index is 11.0. The van der Waals surface area contributed by atoms with Crippen molar-refractivity contribution < 1.29 is 19.4 Å². The fourth-order valence-electron chi connectivity index (χ4n) is 3.70. The summed E-state index contributed by atoms with van der Waals surface area (Å²) in [7, 11) is 1.43. The molecule has 1 N–H and O–H groups in total. The van der Waals surface area contributed by atoms with Crippen LogP contribution in [0.5, 0.6) is 0 Å². The molecule has 228 valence electrons. The lowest BCUT2D eigenvalue weighted by Gasteiger charge is -2.04. The van der Waals surface area contributed by atoms with Crippen LogP contribution in [0.15, 0.2) is 69.9 Å². The van der Waals surface area contributed by atoms with E-state index in [2.05, 4.69) is 96.6 Å². The molecule has 0 rings (SSSR count). The molecule has 0 bridgehead atoms. The van der Waals surface area contributed by atoms with E-state index in [1.54, 1.807) is 6.92 Å². The number of esters is 1. The molecule has 1 unspecified atom stereocenters. The Labute approximate surface area is 247 Å². The third-order valence-electron chi connectivity index (χ3n) is 6.56. The first-order valence-electron chi connectivity index (χ1n) is 15.0. The zero-order valence-corrected chi connectivity index (χ0v) is 27.5. The zero-order valence-electron chi connectivity index (χ0n) is 27.5. The Balaban J connectivity index is 0. The molecule has 0 aliphatic heterocycles. The second kappa shape index (κ2) is 25.4. The number of carbonyl (C=O) groups excluding carboxylic acids is 1. The number of carboxylic acids is 1. The molecule has 0 spiro atoms. The number of rotatable bonds is 18. The number of carbonyl (C=O) groups is 2. The molecule has 4 nitrogen and oxygen atoms in total. The van der Waals surface area contributed by atoms with Crippen LogP contribution < -0.4 is 0 Å². The average Bonchev–Trinajstić information content (AvgIpc) is 2.87. The first-order chi connectivity index (χ1) is 18.8. The first-order valence-corrected chi connectivity index (χ1v) is 15.0. The molecule has 0 fully saturated rings. The predicted octanol–water partition coefficient (Wildman–Crippen LogP) is 10.9. The van der Waals surface area contributed by atoms with Gasteiger partial charge in [0.05, 0.1) is 13.0 Å². The van der Waals surface area contributed by atoms with Gasteiger partial charge in [-0.05, 0) is 120 Å². The van der Waals surface area contributed by atoms with Crippen LogP contribution >= 0.6 is 0 Å². The van der Waals surface area contributed by atoms with E-state index >= 15 is 0 Å². The molecule has 40 heavy (non-hydrogen) atoms. The molecule has 0 aliphatic rings. The van der Waals surface area contributed by atoms with E-state index in [1.807, 2.05) is 0 Å². The van der Waals surface area contributed by atoms with Crippen molar-refractivity contribution in [3.8, 4) is 0 Å². The summed E-state index contributed by atoms with van der Waals surface area (Å²) in [5, 5.41) is 8.82. The Kier molecular flexibility index (Phi) is 25.1. The molecular formula is C36H60O4. The van der Waals surface area contributed by atoms with Crippen molar-refractivity contribution in [1.82, 2.24) is 0 Å². The number of aliphatic carboxylic acids is 1. The third-order valence-corrected chi connectivity index (χ3v) is 6.56. The molecule has 0 radical (unpaired) electrons. The van der Waals surface area contributed by atoms with Crippen LogP contribution in [0, 0.1) is 5.92 Å². The SMILES string of the molecule is CC(C)=CCCC(C)=CCCC(C)=CCC(C)C(=O)O.COC(=O)CCC=C(C)CCC=C(C)CCC=C(C)C. The monoisotopic (exact) mass is 556 g/mol. The minimum atomic E-state index is -0.718. The van der Waals surface area contributed by atoms with Crippen molar-refractivity contribution in [3.63, 3.8) is 0 Å². The lowest BCUT2D eigenvalue weighted by atomic mass is 10.0. The quantitative estimate of drug-likeness (QED) is 0.135. The fraction of sp³-hybridized carbons (Fsp3) is 0.611. The Bertz CT molecular complexity index is 899. The van der Waals surface area contributed by atoms with E-state index in [-0.39, 0.29) is 11.9 Å². The van der Waals surface area contributed by atoms with Crippen LogP contribution in [-0.4, -0.2) is 24.2 Å². The van der Waals surface area contributed by atoms with E-state index < -0.39 is 5.97 Å². The van der Waals surface area contributed by atoms with E-state index in [0.717, 1.165) is 57.8 Å². The van der Waals surface area contributed by atoms with Crippen LogP contribution in [0.2, 0.25) is 0 Å². The van der Waals surface area contributed by atoms with Gasteiger partial charge in [-0.1, -0.05) is 76.8 Å². The minimum Gasteiger partial charge on any atom is -0.481 e. The van der Waals surface area contributed by atoms with Gasteiger partial charge in [0.25, 0.3) is 0 Å². The van der Waals surface area contributed by atoms with Gasteiger partial charge in [-0.3, -0.25) is 9.59 Å². The summed E-state index contributed by atoms with van der Waals surface area (Å²) in [6, 6.07) is 0.